The molecule has 2 N–H and O–H groups in total. The predicted molar refractivity (Wildman–Crippen MR) is 179 cm³/mol. The van der Waals surface area contributed by atoms with E-state index < -0.39 is 6.10 Å². The van der Waals surface area contributed by atoms with Gasteiger partial charge in [0.1, 0.15) is 6.61 Å². The molecule has 0 radical (unpaired) electrons. The van der Waals surface area contributed by atoms with Gasteiger partial charge in [-0.1, -0.05) is 140 Å². The van der Waals surface area contributed by atoms with E-state index in [0.717, 1.165) is 64.2 Å². The van der Waals surface area contributed by atoms with Crippen LogP contribution in [0.3, 0.4) is 0 Å². The average molecular weight is 605 g/mol. The molecule has 0 aromatic carbocycles. The molecule has 6 heteroatoms. The third-order valence-electron chi connectivity index (χ3n) is 7.20. The van der Waals surface area contributed by atoms with Crippen LogP contribution in [-0.2, 0) is 19.1 Å². The summed E-state index contributed by atoms with van der Waals surface area (Å²) in [6.07, 6.45) is 36.5. The van der Waals surface area contributed by atoms with Crippen molar-refractivity contribution >= 4 is 11.9 Å². The summed E-state index contributed by atoms with van der Waals surface area (Å²) < 4.78 is 10.5. The number of carbonyl (C=O) groups excluding carboxylic acids is 2. The van der Waals surface area contributed by atoms with E-state index >= 15 is 0 Å². The molecule has 0 bridgehead atoms. The number of allylic oxidation sites excluding steroid dienone is 7. The molecular weight excluding hydrogens is 540 g/mol. The molecule has 6 nitrogen and oxygen atoms in total. The number of ether oxygens (including phenoxy) is 2. The molecule has 0 saturated heterocycles. The van der Waals surface area contributed by atoms with Crippen molar-refractivity contribution in [3.63, 3.8) is 0 Å². The van der Waals surface area contributed by atoms with Crippen molar-refractivity contribution < 1.29 is 29.3 Å². The Hall–Kier alpha value is -2.18. The van der Waals surface area contributed by atoms with Gasteiger partial charge in [0.2, 0.25) is 0 Å². The minimum absolute atomic E-state index is 0.106. The highest BCUT2D eigenvalue weighted by Gasteiger charge is 2.16. The summed E-state index contributed by atoms with van der Waals surface area (Å²) in [5, 5.41) is 19.2. The number of hydrogen-bond donors (Lipinski definition) is 2. The standard InChI is InChI=1S/C37H64O6/c1-3-5-7-8-9-10-13-18-21-24-27-31-37(41)43-35(32-38)33-42-36(40)30-26-23-20-17-15-12-11-14-16-19-22-25-29-34(39)28-6-4-2/h11-12,16-17,19-20,25,29,34-35,38-39H,3-10,13-15,18,21-24,26-28,30-33H2,1-2H3/b12-11-,19-16-,20-17-,29-25-/t34-,35-/m0/s1. The van der Waals surface area contributed by atoms with Crippen molar-refractivity contribution in [2.75, 3.05) is 13.2 Å². The first-order chi connectivity index (χ1) is 21.0. The summed E-state index contributed by atoms with van der Waals surface area (Å²) in [5.74, 6) is -0.683. The lowest BCUT2D eigenvalue weighted by Crippen LogP contribution is -2.28. The van der Waals surface area contributed by atoms with E-state index in [-0.39, 0.29) is 31.3 Å². The van der Waals surface area contributed by atoms with Crippen LogP contribution in [0.25, 0.3) is 0 Å². The second-order valence-electron chi connectivity index (χ2n) is 11.4. The van der Waals surface area contributed by atoms with E-state index in [0.29, 0.717) is 19.3 Å². The minimum Gasteiger partial charge on any atom is -0.462 e. The van der Waals surface area contributed by atoms with E-state index in [1.165, 1.54) is 51.4 Å². The number of esters is 2. The molecule has 0 aliphatic carbocycles. The van der Waals surface area contributed by atoms with Crippen LogP contribution in [0.5, 0.6) is 0 Å². The van der Waals surface area contributed by atoms with Gasteiger partial charge in [-0.15, -0.1) is 0 Å². The van der Waals surface area contributed by atoms with Gasteiger partial charge in [0.05, 0.1) is 12.7 Å². The SMILES string of the molecule is CCCCCCCCCCCCCC(=O)O[C@@H](CO)COC(=O)CCC/C=C\C/C=C\C/C=C\C/C=C\[C@@H](O)CCCC. The van der Waals surface area contributed by atoms with Gasteiger partial charge in [-0.3, -0.25) is 9.59 Å². The first kappa shape index (κ1) is 40.8. The highest BCUT2D eigenvalue weighted by molar-refractivity contribution is 5.70. The Labute approximate surface area is 263 Å². The fraction of sp³-hybridized carbons (Fsp3) is 0.730. The molecule has 0 fully saturated rings. The van der Waals surface area contributed by atoms with Crippen molar-refractivity contribution in [2.24, 2.45) is 0 Å². The third kappa shape index (κ3) is 31.1. The molecule has 0 unspecified atom stereocenters. The number of carbonyl (C=O) groups is 2. The Balaban J connectivity index is 3.74. The largest absolute Gasteiger partial charge is 0.462 e. The van der Waals surface area contributed by atoms with E-state index in [1.54, 1.807) is 0 Å². The molecule has 0 aliphatic heterocycles. The van der Waals surface area contributed by atoms with Crippen molar-refractivity contribution in [3.8, 4) is 0 Å². The van der Waals surface area contributed by atoms with Gasteiger partial charge in [-0.25, -0.2) is 0 Å². The molecule has 0 heterocycles. The fourth-order valence-electron chi connectivity index (χ4n) is 4.50. The molecule has 248 valence electrons. The summed E-state index contributed by atoms with van der Waals surface area (Å²) in [7, 11) is 0. The second kappa shape index (κ2) is 32.7. The monoisotopic (exact) mass is 604 g/mol. The topological polar surface area (TPSA) is 93.1 Å². The van der Waals surface area contributed by atoms with Crippen LogP contribution in [0.4, 0.5) is 0 Å². The molecule has 0 spiro atoms. The zero-order valence-corrected chi connectivity index (χ0v) is 27.6. The van der Waals surface area contributed by atoms with Crippen molar-refractivity contribution in [1.29, 1.82) is 0 Å². The van der Waals surface area contributed by atoms with Gasteiger partial charge in [0.25, 0.3) is 0 Å². The molecule has 0 aliphatic rings. The number of hydrogen-bond acceptors (Lipinski definition) is 6. The van der Waals surface area contributed by atoms with E-state index in [1.807, 2.05) is 12.2 Å². The summed E-state index contributed by atoms with van der Waals surface area (Å²) >= 11 is 0. The third-order valence-corrected chi connectivity index (χ3v) is 7.20. The number of unbranched alkanes of at least 4 members (excludes halogenated alkanes) is 12. The lowest BCUT2D eigenvalue weighted by atomic mass is 10.1. The zero-order chi connectivity index (χ0) is 31.6. The Morgan fingerprint density at radius 3 is 1.72 bits per heavy atom. The van der Waals surface area contributed by atoms with Crippen molar-refractivity contribution in [1.82, 2.24) is 0 Å². The number of rotatable bonds is 30. The molecule has 0 amide bonds. The summed E-state index contributed by atoms with van der Waals surface area (Å²) in [5.41, 5.74) is 0. The molecule has 0 rings (SSSR count). The second-order valence-corrected chi connectivity index (χ2v) is 11.4. The maximum Gasteiger partial charge on any atom is 0.306 e. The van der Waals surface area contributed by atoms with Crippen LogP contribution in [0.1, 0.15) is 149 Å². The predicted octanol–water partition coefficient (Wildman–Crippen LogP) is 9.25. The van der Waals surface area contributed by atoms with Gasteiger partial charge in [0, 0.05) is 12.8 Å². The molecule has 0 aromatic rings. The first-order valence-corrected chi connectivity index (χ1v) is 17.3. The van der Waals surface area contributed by atoms with Gasteiger partial charge >= 0.3 is 11.9 Å². The van der Waals surface area contributed by atoms with Gasteiger partial charge in [-0.2, -0.15) is 0 Å². The molecule has 0 aromatic heterocycles. The van der Waals surface area contributed by atoms with Crippen LogP contribution in [0.2, 0.25) is 0 Å². The average Bonchev–Trinajstić information content (AvgIpc) is 3.00. The molecule has 2 atom stereocenters. The van der Waals surface area contributed by atoms with Crippen LogP contribution in [0, 0.1) is 0 Å². The molecule has 0 saturated carbocycles. The molecular formula is C37H64O6. The maximum absolute atomic E-state index is 12.1. The van der Waals surface area contributed by atoms with Gasteiger partial charge < -0.3 is 19.7 Å². The zero-order valence-electron chi connectivity index (χ0n) is 27.6. The highest BCUT2D eigenvalue weighted by atomic mass is 16.6. The Morgan fingerprint density at radius 2 is 1.14 bits per heavy atom. The van der Waals surface area contributed by atoms with Gasteiger partial charge in [0.15, 0.2) is 6.10 Å². The Bertz CT molecular complexity index is 754. The van der Waals surface area contributed by atoms with Crippen molar-refractivity contribution in [2.45, 2.75) is 161 Å². The van der Waals surface area contributed by atoms with Crippen LogP contribution >= 0.6 is 0 Å². The van der Waals surface area contributed by atoms with Crippen LogP contribution in [-0.4, -0.2) is 47.6 Å². The summed E-state index contributed by atoms with van der Waals surface area (Å²) in [4.78, 5) is 24.1. The number of aliphatic hydroxyl groups excluding tert-OH is 2. The lowest BCUT2D eigenvalue weighted by Gasteiger charge is -2.15. The maximum atomic E-state index is 12.1. The number of aliphatic hydroxyl groups is 2. The van der Waals surface area contributed by atoms with Crippen LogP contribution < -0.4 is 0 Å². The smallest absolute Gasteiger partial charge is 0.306 e. The van der Waals surface area contributed by atoms with Gasteiger partial charge in [-0.05, 0) is 44.9 Å². The Morgan fingerprint density at radius 1 is 0.628 bits per heavy atom. The van der Waals surface area contributed by atoms with E-state index in [2.05, 4.69) is 50.3 Å². The lowest BCUT2D eigenvalue weighted by molar-refractivity contribution is -0.161. The van der Waals surface area contributed by atoms with Crippen molar-refractivity contribution in [3.05, 3.63) is 48.6 Å². The summed E-state index contributed by atoms with van der Waals surface area (Å²) in [6.45, 7) is 3.90. The van der Waals surface area contributed by atoms with E-state index in [9.17, 15) is 19.8 Å². The fourth-order valence-corrected chi connectivity index (χ4v) is 4.50. The Kier molecular flexibility index (Phi) is 31.1. The quantitative estimate of drug-likeness (QED) is 0.0482. The minimum atomic E-state index is -0.800. The normalized spacial score (nSPS) is 13.5. The van der Waals surface area contributed by atoms with E-state index in [4.69, 9.17) is 9.47 Å². The highest BCUT2D eigenvalue weighted by Crippen LogP contribution is 2.12. The first-order valence-electron chi connectivity index (χ1n) is 17.3. The summed E-state index contributed by atoms with van der Waals surface area (Å²) in [6, 6.07) is 0. The molecule has 43 heavy (non-hydrogen) atoms. The van der Waals surface area contributed by atoms with Crippen LogP contribution in [0.15, 0.2) is 48.6 Å².